The van der Waals surface area contributed by atoms with Crippen LogP contribution in [-0.2, 0) is 14.8 Å². The lowest BCUT2D eigenvalue weighted by Crippen LogP contribution is -2.39. The first kappa shape index (κ1) is 26.2. The van der Waals surface area contributed by atoms with Gasteiger partial charge in [0.05, 0.1) is 33.8 Å². The van der Waals surface area contributed by atoms with Gasteiger partial charge in [0.1, 0.15) is 6.54 Å². The molecule has 184 valence electrons. The molecular formula is C22H21Cl2N5O5S. The van der Waals surface area contributed by atoms with Gasteiger partial charge >= 0.3 is 0 Å². The summed E-state index contributed by atoms with van der Waals surface area (Å²) in [6.45, 7) is 3.11. The van der Waals surface area contributed by atoms with Crippen LogP contribution in [0.3, 0.4) is 0 Å². The van der Waals surface area contributed by atoms with Crippen molar-refractivity contribution in [2.45, 2.75) is 13.8 Å². The van der Waals surface area contributed by atoms with Crippen molar-refractivity contribution in [1.29, 1.82) is 0 Å². The minimum atomic E-state index is -3.91. The lowest BCUT2D eigenvalue weighted by atomic mass is 10.2. The van der Waals surface area contributed by atoms with Crippen LogP contribution in [0, 0.1) is 24.0 Å². The highest BCUT2D eigenvalue weighted by molar-refractivity contribution is 7.92. The van der Waals surface area contributed by atoms with Gasteiger partial charge in [-0.25, -0.2) is 13.8 Å². The van der Waals surface area contributed by atoms with Gasteiger partial charge in [0.2, 0.25) is 10.0 Å². The Kier molecular flexibility index (Phi) is 7.83. The third-order valence-corrected chi connectivity index (χ3v) is 6.72. The molecule has 0 saturated heterocycles. The van der Waals surface area contributed by atoms with Crippen molar-refractivity contribution in [2.24, 2.45) is 5.10 Å². The van der Waals surface area contributed by atoms with E-state index in [0.29, 0.717) is 21.3 Å². The van der Waals surface area contributed by atoms with E-state index in [4.69, 9.17) is 23.2 Å². The molecule has 1 N–H and O–H groups in total. The molecular weight excluding hydrogens is 517 g/mol. The van der Waals surface area contributed by atoms with Gasteiger partial charge in [0, 0.05) is 34.1 Å². The van der Waals surface area contributed by atoms with E-state index in [9.17, 15) is 23.3 Å². The second-order valence-electron chi connectivity index (χ2n) is 7.60. The number of hydrogen-bond donors (Lipinski definition) is 1. The van der Waals surface area contributed by atoms with E-state index >= 15 is 0 Å². The Morgan fingerprint density at radius 1 is 1.20 bits per heavy atom. The molecule has 0 aliphatic rings. The smallest absolute Gasteiger partial charge is 0.271 e. The molecule has 3 rings (SSSR count). The van der Waals surface area contributed by atoms with E-state index in [0.717, 1.165) is 28.0 Å². The second kappa shape index (κ2) is 10.5. The molecule has 10 nitrogen and oxygen atoms in total. The molecule has 1 aromatic heterocycles. The normalized spacial score (nSPS) is 11.6. The number of aromatic nitrogens is 1. The molecule has 1 heterocycles. The van der Waals surface area contributed by atoms with Crippen LogP contribution < -0.4 is 9.73 Å². The summed E-state index contributed by atoms with van der Waals surface area (Å²) in [6.07, 6.45) is 2.32. The van der Waals surface area contributed by atoms with E-state index in [2.05, 4.69) is 10.5 Å². The van der Waals surface area contributed by atoms with Crippen molar-refractivity contribution in [3.8, 4) is 5.69 Å². The predicted molar refractivity (Wildman–Crippen MR) is 136 cm³/mol. The van der Waals surface area contributed by atoms with E-state index < -0.39 is 27.4 Å². The summed E-state index contributed by atoms with van der Waals surface area (Å²) in [5, 5.41) is 16.0. The number of halogens is 2. The van der Waals surface area contributed by atoms with Gasteiger partial charge in [-0.2, -0.15) is 5.10 Å². The fourth-order valence-corrected chi connectivity index (χ4v) is 4.66. The maximum atomic E-state index is 12.4. The number of hydrogen-bond acceptors (Lipinski definition) is 6. The summed E-state index contributed by atoms with van der Waals surface area (Å²) in [4.78, 5) is 22.8. The van der Waals surface area contributed by atoms with Gasteiger partial charge in [-0.05, 0) is 44.2 Å². The molecule has 0 atom stereocenters. The fourth-order valence-electron chi connectivity index (χ4n) is 3.45. The lowest BCUT2D eigenvalue weighted by molar-refractivity contribution is -0.384. The quantitative estimate of drug-likeness (QED) is 0.261. The molecule has 3 aromatic rings. The highest BCUT2D eigenvalue weighted by Gasteiger charge is 2.22. The van der Waals surface area contributed by atoms with Crippen LogP contribution in [0.4, 0.5) is 11.4 Å². The summed E-state index contributed by atoms with van der Waals surface area (Å²) in [6, 6.07) is 12.0. The number of carbonyl (C=O) groups is 1. The van der Waals surface area contributed by atoms with E-state index in [1.165, 1.54) is 24.4 Å². The molecule has 0 aliphatic heterocycles. The molecule has 0 fully saturated rings. The standard InChI is InChI=1S/C22H21Cl2N5O5S/c1-14-9-16(15(2)28(14)21-10-17(23)7-8-20(21)24)12-25-26-22(30)13-27(35(3,33)34)18-5-4-6-19(11-18)29(31)32/h4-12H,13H2,1-3H3,(H,26,30)/b25-12-. The highest BCUT2D eigenvalue weighted by Crippen LogP contribution is 2.28. The number of carbonyl (C=O) groups excluding carboxylic acids is 1. The maximum Gasteiger partial charge on any atom is 0.271 e. The summed E-state index contributed by atoms with van der Waals surface area (Å²) in [7, 11) is -3.91. The second-order valence-corrected chi connectivity index (χ2v) is 10.3. The van der Waals surface area contributed by atoms with Gasteiger partial charge in [0.15, 0.2) is 0 Å². The Labute approximate surface area is 212 Å². The number of anilines is 1. The van der Waals surface area contributed by atoms with E-state index in [-0.39, 0.29) is 11.4 Å². The highest BCUT2D eigenvalue weighted by atomic mass is 35.5. The molecule has 2 aromatic carbocycles. The van der Waals surface area contributed by atoms with Crippen molar-refractivity contribution in [3.05, 3.63) is 85.6 Å². The van der Waals surface area contributed by atoms with Crippen LogP contribution in [-0.4, -0.2) is 42.8 Å². The number of non-ortho nitro benzene ring substituents is 1. The number of aryl methyl sites for hydroxylation is 1. The molecule has 35 heavy (non-hydrogen) atoms. The zero-order valence-electron chi connectivity index (χ0n) is 18.9. The average Bonchev–Trinajstić information content (AvgIpc) is 3.06. The molecule has 0 unspecified atom stereocenters. The number of rotatable bonds is 8. The minimum absolute atomic E-state index is 0.0113. The Bertz CT molecular complexity index is 1440. The van der Waals surface area contributed by atoms with Gasteiger partial charge in [0.25, 0.3) is 11.6 Å². The molecule has 0 aliphatic carbocycles. The number of nitro benzene ring substituents is 1. The summed E-state index contributed by atoms with van der Waals surface area (Å²) in [5.41, 5.74) is 5.01. The summed E-state index contributed by atoms with van der Waals surface area (Å²) < 4.78 is 27.1. The Morgan fingerprint density at radius 3 is 2.57 bits per heavy atom. The monoisotopic (exact) mass is 537 g/mol. The number of hydrazone groups is 1. The first-order valence-corrected chi connectivity index (χ1v) is 12.7. The number of nitrogens with zero attached hydrogens (tertiary/aromatic N) is 4. The molecule has 13 heteroatoms. The number of nitrogens with one attached hydrogen (secondary N) is 1. The number of benzene rings is 2. The van der Waals surface area contributed by atoms with Crippen molar-refractivity contribution < 1.29 is 18.1 Å². The van der Waals surface area contributed by atoms with Gasteiger partial charge in [-0.1, -0.05) is 29.3 Å². The molecule has 0 radical (unpaired) electrons. The van der Waals surface area contributed by atoms with Gasteiger partial charge < -0.3 is 4.57 Å². The SMILES string of the molecule is Cc1cc(/C=N\NC(=O)CN(c2cccc([N+](=O)[O-])c2)S(C)(=O)=O)c(C)n1-c1cc(Cl)ccc1Cl. The molecule has 0 saturated carbocycles. The van der Waals surface area contributed by atoms with Crippen LogP contribution in [0.2, 0.25) is 10.0 Å². The summed E-state index contributed by atoms with van der Waals surface area (Å²) in [5.74, 6) is -0.732. The maximum absolute atomic E-state index is 12.4. The van der Waals surface area contributed by atoms with Gasteiger partial charge in [-0.3, -0.25) is 19.2 Å². The summed E-state index contributed by atoms with van der Waals surface area (Å²) >= 11 is 12.4. The largest absolute Gasteiger partial charge is 0.316 e. The van der Waals surface area contributed by atoms with Crippen LogP contribution >= 0.6 is 23.2 Å². The molecule has 1 amide bonds. The average molecular weight is 538 g/mol. The zero-order chi connectivity index (χ0) is 25.9. The van der Waals surface area contributed by atoms with Crippen LogP contribution in [0.15, 0.2) is 53.6 Å². The number of sulfonamides is 1. The van der Waals surface area contributed by atoms with E-state index in [1.54, 1.807) is 18.2 Å². The van der Waals surface area contributed by atoms with Crippen molar-refractivity contribution in [3.63, 3.8) is 0 Å². The van der Waals surface area contributed by atoms with Crippen LogP contribution in [0.1, 0.15) is 17.0 Å². The van der Waals surface area contributed by atoms with Crippen LogP contribution in [0.5, 0.6) is 0 Å². The Morgan fingerprint density at radius 2 is 1.91 bits per heavy atom. The lowest BCUT2D eigenvalue weighted by Gasteiger charge is -2.21. The first-order chi connectivity index (χ1) is 16.4. The Hall–Kier alpha value is -3.41. The number of amides is 1. The Balaban J connectivity index is 1.78. The van der Waals surface area contributed by atoms with Crippen molar-refractivity contribution in [1.82, 2.24) is 9.99 Å². The number of nitro groups is 1. The third kappa shape index (κ3) is 6.18. The van der Waals surface area contributed by atoms with Gasteiger partial charge in [-0.15, -0.1) is 0 Å². The zero-order valence-corrected chi connectivity index (χ0v) is 21.2. The van der Waals surface area contributed by atoms with E-state index in [1.807, 2.05) is 24.5 Å². The minimum Gasteiger partial charge on any atom is -0.316 e. The first-order valence-electron chi connectivity index (χ1n) is 10.1. The molecule has 0 bridgehead atoms. The molecule has 0 spiro atoms. The van der Waals surface area contributed by atoms with Crippen molar-refractivity contribution in [2.75, 3.05) is 17.1 Å². The predicted octanol–water partition coefficient (Wildman–Crippen LogP) is 4.23. The van der Waals surface area contributed by atoms with Crippen molar-refractivity contribution >= 4 is 56.7 Å². The fraction of sp³-hybridized carbons (Fsp3) is 0.182. The third-order valence-electron chi connectivity index (χ3n) is 5.03. The van der Waals surface area contributed by atoms with Crippen LogP contribution in [0.25, 0.3) is 5.69 Å². The topological polar surface area (TPSA) is 127 Å².